The highest BCUT2D eigenvalue weighted by atomic mass is 16.5. The molecule has 0 N–H and O–H groups in total. The van der Waals surface area contributed by atoms with Gasteiger partial charge in [-0.05, 0) is 38.8 Å². The monoisotopic (exact) mass is 340 g/mol. The molecule has 2 aromatic rings. The van der Waals surface area contributed by atoms with Crippen LogP contribution in [0.5, 0.6) is 0 Å². The second kappa shape index (κ2) is 5.98. The lowest BCUT2D eigenvalue weighted by atomic mass is 10.1. The SMILES string of the molecule is Cc1ccc(-c2nc(CN3C(=O)[C@@H]4CCCN4C(=O)[C@@H]3C)no2)cc1. The van der Waals surface area contributed by atoms with Gasteiger partial charge in [-0.2, -0.15) is 4.98 Å². The highest BCUT2D eigenvalue weighted by Gasteiger charge is 2.46. The van der Waals surface area contributed by atoms with E-state index < -0.39 is 6.04 Å². The molecule has 2 aliphatic heterocycles. The first-order valence-corrected chi connectivity index (χ1v) is 8.55. The Morgan fingerprint density at radius 3 is 2.72 bits per heavy atom. The van der Waals surface area contributed by atoms with Crippen LogP contribution < -0.4 is 0 Å². The fourth-order valence-corrected chi connectivity index (χ4v) is 3.54. The van der Waals surface area contributed by atoms with Gasteiger partial charge in [0.15, 0.2) is 5.82 Å². The Balaban J connectivity index is 1.54. The Labute approximate surface area is 145 Å². The summed E-state index contributed by atoms with van der Waals surface area (Å²) in [6.45, 7) is 4.63. The van der Waals surface area contributed by atoms with Crippen LogP contribution in [0.25, 0.3) is 11.5 Å². The van der Waals surface area contributed by atoms with Gasteiger partial charge in [-0.1, -0.05) is 22.9 Å². The first kappa shape index (κ1) is 15.8. The summed E-state index contributed by atoms with van der Waals surface area (Å²) >= 11 is 0. The van der Waals surface area contributed by atoms with Crippen LogP contribution in [-0.4, -0.2) is 50.4 Å². The van der Waals surface area contributed by atoms with Crippen LogP contribution in [0.3, 0.4) is 0 Å². The normalized spacial score (nSPS) is 23.3. The molecule has 2 saturated heterocycles. The van der Waals surface area contributed by atoms with Crippen LogP contribution in [-0.2, 0) is 16.1 Å². The Bertz CT molecular complexity index is 814. The quantitative estimate of drug-likeness (QED) is 0.851. The first-order chi connectivity index (χ1) is 12.0. The summed E-state index contributed by atoms with van der Waals surface area (Å²) in [6.07, 6.45) is 1.61. The van der Waals surface area contributed by atoms with Crippen LogP contribution in [0.4, 0.5) is 0 Å². The van der Waals surface area contributed by atoms with Gasteiger partial charge in [-0.15, -0.1) is 0 Å². The van der Waals surface area contributed by atoms with E-state index in [4.69, 9.17) is 4.52 Å². The number of fused-ring (bicyclic) bond motifs is 1. The number of carbonyl (C=O) groups excluding carboxylic acids is 2. The molecule has 4 rings (SSSR count). The summed E-state index contributed by atoms with van der Waals surface area (Å²) in [6, 6.07) is 6.96. The predicted octanol–water partition coefficient (Wildman–Crippen LogP) is 1.77. The zero-order chi connectivity index (χ0) is 17.6. The lowest BCUT2D eigenvalue weighted by Gasteiger charge is -2.40. The van der Waals surface area contributed by atoms with Gasteiger partial charge in [0, 0.05) is 12.1 Å². The molecule has 0 spiro atoms. The number of piperazine rings is 1. The molecule has 130 valence electrons. The van der Waals surface area contributed by atoms with Crippen LogP contribution in [0, 0.1) is 6.92 Å². The molecular weight excluding hydrogens is 320 g/mol. The second-order valence-electron chi connectivity index (χ2n) is 6.71. The summed E-state index contributed by atoms with van der Waals surface area (Å²) < 4.78 is 5.32. The van der Waals surface area contributed by atoms with Gasteiger partial charge >= 0.3 is 0 Å². The minimum atomic E-state index is -0.497. The van der Waals surface area contributed by atoms with Crippen molar-refractivity contribution in [2.24, 2.45) is 0 Å². The van der Waals surface area contributed by atoms with E-state index in [0.717, 1.165) is 24.0 Å². The molecule has 2 fully saturated rings. The zero-order valence-corrected chi connectivity index (χ0v) is 14.3. The highest BCUT2D eigenvalue weighted by molar-refractivity contribution is 5.97. The Kier molecular flexibility index (Phi) is 3.78. The van der Waals surface area contributed by atoms with Crippen LogP contribution in [0.2, 0.25) is 0 Å². The molecule has 7 heteroatoms. The van der Waals surface area contributed by atoms with Gasteiger partial charge in [0.1, 0.15) is 12.1 Å². The highest BCUT2D eigenvalue weighted by Crippen LogP contribution is 2.28. The third-order valence-electron chi connectivity index (χ3n) is 5.01. The van der Waals surface area contributed by atoms with Crippen molar-refractivity contribution in [3.05, 3.63) is 35.7 Å². The van der Waals surface area contributed by atoms with E-state index in [1.165, 1.54) is 0 Å². The molecule has 1 aromatic carbocycles. The molecule has 2 aliphatic rings. The first-order valence-electron chi connectivity index (χ1n) is 8.55. The number of aryl methyl sites for hydroxylation is 1. The Morgan fingerprint density at radius 2 is 1.96 bits per heavy atom. The van der Waals surface area contributed by atoms with E-state index in [0.29, 0.717) is 18.3 Å². The average Bonchev–Trinajstić information content (AvgIpc) is 3.27. The summed E-state index contributed by atoms with van der Waals surface area (Å²) in [5, 5.41) is 3.98. The van der Waals surface area contributed by atoms with Gasteiger partial charge in [0.25, 0.3) is 5.89 Å². The molecular formula is C18H20N4O3. The lowest BCUT2D eigenvalue weighted by molar-refractivity contribution is -0.159. The molecule has 7 nitrogen and oxygen atoms in total. The molecule has 3 heterocycles. The summed E-state index contributed by atoms with van der Waals surface area (Å²) in [5.74, 6) is 0.812. The maximum atomic E-state index is 12.7. The Hall–Kier alpha value is -2.70. The van der Waals surface area contributed by atoms with Gasteiger partial charge < -0.3 is 14.3 Å². The number of aromatic nitrogens is 2. The number of nitrogens with zero attached hydrogens (tertiary/aromatic N) is 4. The number of rotatable bonds is 3. The van der Waals surface area contributed by atoms with Crippen molar-refractivity contribution in [1.29, 1.82) is 0 Å². The van der Waals surface area contributed by atoms with E-state index in [2.05, 4.69) is 10.1 Å². The van der Waals surface area contributed by atoms with Gasteiger partial charge in [-0.3, -0.25) is 9.59 Å². The molecule has 0 unspecified atom stereocenters. The molecule has 0 radical (unpaired) electrons. The van der Waals surface area contributed by atoms with Crippen molar-refractivity contribution in [2.75, 3.05) is 6.54 Å². The third-order valence-corrected chi connectivity index (χ3v) is 5.01. The minimum absolute atomic E-state index is 0.00403. The average molecular weight is 340 g/mol. The van der Waals surface area contributed by atoms with Gasteiger partial charge in [-0.25, -0.2) is 0 Å². The van der Waals surface area contributed by atoms with Crippen LogP contribution >= 0.6 is 0 Å². The van der Waals surface area contributed by atoms with Crippen molar-refractivity contribution in [2.45, 2.75) is 45.3 Å². The number of benzene rings is 1. The largest absolute Gasteiger partial charge is 0.334 e. The molecule has 0 saturated carbocycles. The van der Waals surface area contributed by atoms with Crippen LogP contribution in [0.15, 0.2) is 28.8 Å². The fraction of sp³-hybridized carbons (Fsp3) is 0.444. The molecule has 2 atom stereocenters. The van der Waals surface area contributed by atoms with E-state index >= 15 is 0 Å². The molecule has 0 bridgehead atoms. The van der Waals surface area contributed by atoms with E-state index in [1.807, 2.05) is 31.2 Å². The van der Waals surface area contributed by atoms with Crippen molar-refractivity contribution in [3.63, 3.8) is 0 Å². The van der Waals surface area contributed by atoms with Crippen LogP contribution in [0.1, 0.15) is 31.2 Å². The van der Waals surface area contributed by atoms with E-state index in [-0.39, 0.29) is 24.4 Å². The molecule has 2 amide bonds. The minimum Gasteiger partial charge on any atom is -0.334 e. The van der Waals surface area contributed by atoms with Crippen molar-refractivity contribution < 1.29 is 14.1 Å². The number of amides is 2. The zero-order valence-electron chi connectivity index (χ0n) is 14.3. The maximum absolute atomic E-state index is 12.7. The van der Waals surface area contributed by atoms with Crippen molar-refractivity contribution >= 4 is 11.8 Å². The summed E-state index contributed by atoms with van der Waals surface area (Å²) in [5.41, 5.74) is 1.98. The predicted molar refractivity (Wildman–Crippen MR) is 89.2 cm³/mol. The number of carbonyl (C=O) groups is 2. The lowest BCUT2D eigenvalue weighted by Crippen LogP contribution is -2.61. The van der Waals surface area contributed by atoms with E-state index in [9.17, 15) is 9.59 Å². The number of hydrogen-bond donors (Lipinski definition) is 0. The van der Waals surface area contributed by atoms with E-state index in [1.54, 1.807) is 16.7 Å². The topological polar surface area (TPSA) is 79.5 Å². The van der Waals surface area contributed by atoms with Crippen molar-refractivity contribution in [3.8, 4) is 11.5 Å². The molecule has 25 heavy (non-hydrogen) atoms. The van der Waals surface area contributed by atoms with Crippen molar-refractivity contribution in [1.82, 2.24) is 19.9 Å². The Morgan fingerprint density at radius 1 is 1.20 bits per heavy atom. The number of hydrogen-bond acceptors (Lipinski definition) is 5. The third kappa shape index (κ3) is 2.69. The fourth-order valence-electron chi connectivity index (χ4n) is 3.54. The molecule has 0 aliphatic carbocycles. The summed E-state index contributed by atoms with van der Waals surface area (Å²) in [7, 11) is 0. The summed E-state index contributed by atoms with van der Waals surface area (Å²) in [4.78, 5) is 32.9. The standard InChI is InChI=1S/C18H20N4O3/c1-11-5-7-13(8-6-11)16-19-15(20-25-16)10-22-12(2)17(23)21-9-3-4-14(21)18(22)24/h5-8,12,14H,3-4,9-10H2,1-2H3/t12-,14-/m0/s1. The van der Waals surface area contributed by atoms with Gasteiger partial charge in [0.2, 0.25) is 11.8 Å². The smallest absolute Gasteiger partial charge is 0.257 e. The molecule has 1 aromatic heterocycles. The maximum Gasteiger partial charge on any atom is 0.257 e. The van der Waals surface area contributed by atoms with Gasteiger partial charge in [0.05, 0.1) is 6.54 Å². The second-order valence-corrected chi connectivity index (χ2v) is 6.71.